The first-order valence-electron chi connectivity index (χ1n) is 9.27. The Morgan fingerprint density at radius 2 is 2.00 bits per heavy atom. The lowest BCUT2D eigenvalue weighted by atomic mass is 9.86. The number of nitrogens with one attached hydrogen (secondary N) is 2. The van der Waals surface area contributed by atoms with Crippen LogP contribution in [-0.4, -0.2) is 38.6 Å². The van der Waals surface area contributed by atoms with Gasteiger partial charge < -0.3 is 15.5 Å². The number of rotatable bonds is 7. The monoisotopic (exact) mass is 331 g/mol. The lowest BCUT2D eigenvalue weighted by molar-refractivity contribution is 0.332. The summed E-state index contributed by atoms with van der Waals surface area (Å²) in [5, 5.41) is 6.77. The molecule has 134 valence electrons. The van der Waals surface area contributed by atoms with Crippen LogP contribution in [0.1, 0.15) is 50.6 Å². The molecule has 0 aromatic carbocycles. The van der Waals surface area contributed by atoms with Gasteiger partial charge in [-0.2, -0.15) is 0 Å². The van der Waals surface area contributed by atoms with E-state index in [2.05, 4.69) is 20.6 Å². The van der Waals surface area contributed by atoms with Crippen molar-refractivity contribution in [3.63, 3.8) is 0 Å². The van der Waals surface area contributed by atoms with Crippen molar-refractivity contribution in [1.29, 1.82) is 0 Å². The van der Waals surface area contributed by atoms with E-state index in [9.17, 15) is 0 Å². The highest BCUT2D eigenvalue weighted by Crippen LogP contribution is 2.26. The molecule has 0 bridgehead atoms. The third kappa shape index (κ3) is 6.38. The number of guanidine groups is 1. The van der Waals surface area contributed by atoms with Gasteiger partial charge in [0, 0.05) is 27.7 Å². The lowest BCUT2D eigenvalue weighted by Crippen LogP contribution is -2.37. The Morgan fingerprint density at radius 1 is 1.21 bits per heavy atom. The zero-order valence-electron chi connectivity index (χ0n) is 15.5. The predicted octanol–water partition coefficient (Wildman–Crippen LogP) is 3.17. The number of nitrogens with zero attached hydrogens (tertiary/aromatic N) is 3. The zero-order valence-corrected chi connectivity index (χ0v) is 15.5. The van der Waals surface area contributed by atoms with E-state index in [0.29, 0.717) is 6.54 Å². The van der Waals surface area contributed by atoms with Crippen molar-refractivity contribution in [3.05, 3.63) is 23.9 Å². The summed E-state index contributed by atoms with van der Waals surface area (Å²) in [6.07, 6.45) is 9.73. The van der Waals surface area contributed by atoms with Crippen LogP contribution < -0.4 is 15.5 Å². The number of hydrogen-bond acceptors (Lipinski definition) is 3. The number of aliphatic imine (C=N–C) groups is 1. The highest BCUT2D eigenvalue weighted by molar-refractivity contribution is 5.79. The van der Waals surface area contributed by atoms with E-state index in [-0.39, 0.29) is 0 Å². The fraction of sp³-hybridized carbons (Fsp3) is 0.684. The topological polar surface area (TPSA) is 52.6 Å². The molecule has 0 atom stereocenters. The molecule has 5 heteroatoms. The molecule has 1 aliphatic rings. The standard InChI is InChI=1S/C19H33N5/c1-20-19(21-14-8-11-16-9-5-4-6-10-16)22-15-17-12-7-13-18(23-17)24(2)3/h7,12-13,16H,4-6,8-11,14-15H2,1-3H3,(H2,20,21,22). The zero-order chi connectivity index (χ0) is 17.2. The normalized spacial score (nSPS) is 16.0. The van der Waals surface area contributed by atoms with Gasteiger partial charge in [0.05, 0.1) is 12.2 Å². The van der Waals surface area contributed by atoms with Gasteiger partial charge in [-0.05, 0) is 30.9 Å². The minimum Gasteiger partial charge on any atom is -0.363 e. The van der Waals surface area contributed by atoms with Crippen molar-refractivity contribution in [2.75, 3.05) is 32.6 Å². The summed E-state index contributed by atoms with van der Waals surface area (Å²) >= 11 is 0. The summed E-state index contributed by atoms with van der Waals surface area (Å²) < 4.78 is 0. The van der Waals surface area contributed by atoms with Crippen molar-refractivity contribution in [3.8, 4) is 0 Å². The Hall–Kier alpha value is -1.78. The lowest BCUT2D eigenvalue weighted by Gasteiger charge is -2.21. The van der Waals surface area contributed by atoms with Crippen LogP contribution in [0.25, 0.3) is 0 Å². The molecular formula is C19H33N5. The number of hydrogen-bond donors (Lipinski definition) is 2. The largest absolute Gasteiger partial charge is 0.363 e. The maximum absolute atomic E-state index is 4.62. The Bertz CT molecular complexity index is 506. The Kier molecular flexibility index (Phi) is 7.86. The van der Waals surface area contributed by atoms with Crippen LogP contribution in [0.2, 0.25) is 0 Å². The average Bonchev–Trinajstić information content (AvgIpc) is 2.62. The number of aromatic nitrogens is 1. The van der Waals surface area contributed by atoms with Gasteiger partial charge in [0.15, 0.2) is 5.96 Å². The van der Waals surface area contributed by atoms with Gasteiger partial charge in [-0.25, -0.2) is 4.98 Å². The van der Waals surface area contributed by atoms with E-state index in [4.69, 9.17) is 0 Å². The smallest absolute Gasteiger partial charge is 0.191 e. The SMILES string of the molecule is CN=C(NCCCC1CCCCC1)NCc1cccc(N(C)C)n1. The molecular weight excluding hydrogens is 298 g/mol. The summed E-state index contributed by atoms with van der Waals surface area (Å²) in [5.41, 5.74) is 1.02. The fourth-order valence-electron chi connectivity index (χ4n) is 3.28. The third-order valence-corrected chi connectivity index (χ3v) is 4.72. The first-order valence-corrected chi connectivity index (χ1v) is 9.27. The highest BCUT2D eigenvalue weighted by atomic mass is 15.2. The van der Waals surface area contributed by atoms with E-state index >= 15 is 0 Å². The highest BCUT2D eigenvalue weighted by Gasteiger charge is 2.12. The van der Waals surface area contributed by atoms with Gasteiger partial charge in [-0.3, -0.25) is 4.99 Å². The van der Waals surface area contributed by atoms with Crippen LogP contribution in [0, 0.1) is 5.92 Å². The second-order valence-corrected chi connectivity index (χ2v) is 6.88. The van der Waals surface area contributed by atoms with E-state index in [0.717, 1.165) is 29.9 Å². The molecule has 2 rings (SSSR count). The van der Waals surface area contributed by atoms with Crippen LogP contribution >= 0.6 is 0 Å². The first kappa shape index (κ1) is 18.6. The summed E-state index contributed by atoms with van der Waals surface area (Å²) in [6.45, 7) is 1.67. The second-order valence-electron chi connectivity index (χ2n) is 6.88. The van der Waals surface area contributed by atoms with Crippen molar-refractivity contribution in [2.24, 2.45) is 10.9 Å². The molecule has 1 heterocycles. The van der Waals surface area contributed by atoms with E-state index < -0.39 is 0 Å². The summed E-state index contributed by atoms with van der Waals surface area (Å²) in [7, 11) is 5.83. The summed E-state index contributed by atoms with van der Waals surface area (Å²) in [5.74, 6) is 2.79. The van der Waals surface area contributed by atoms with Gasteiger partial charge in [0.25, 0.3) is 0 Å². The molecule has 0 radical (unpaired) electrons. The Labute approximate surface area is 147 Å². The quantitative estimate of drug-likeness (QED) is 0.458. The molecule has 0 saturated heterocycles. The van der Waals surface area contributed by atoms with E-state index in [1.165, 1.54) is 44.9 Å². The molecule has 0 aliphatic heterocycles. The van der Waals surface area contributed by atoms with Crippen molar-refractivity contribution >= 4 is 11.8 Å². The number of pyridine rings is 1. The minimum atomic E-state index is 0.685. The van der Waals surface area contributed by atoms with Gasteiger partial charge in [-0.1, -0.05) is 38.2 Å². The van der Waals surface area contributed by atoms with Gasteiger partial charge in [-0.15, -0.1) is 0 Å². The molecule has 1 aromatic rings. The molecule has 0 unspecified atom stereocenters. The number of anilines is 1. The molecule has 1 saturated carbocycles. The average molecular weight is 332 g/mol. The van der Waals surface area contributed by atoms with Gasteiger partial charge in [0.2, 0.25) is 0 Å². The summed E-state index contributed by atoms with van der Waals surface area (Å²) in [6, 6.07) is 6.10. The van der Waals surface area contributed by atoms with Crippen LogP contribution in [0.5, 0.6) is 0 Å². The molecule has 1 aromatic heterocycles. The van der Waals surface area contributed by atoms with Crippen molar-refractivity contribution in [2.45, 2.75) is 51.5 Å². The van der Waals surface area contributed by atoms with E-state index in [1.54, 1.807) is 0 Å². The maximum Gasteiger partial charge on any atom is 0.191 e. The van der Waals surface area contributed by atoms with Crippen LogP contribution in [0.15, 0.2) is 23.2 Å². The molecule has 2 N–H and O–H groups in total. The Balaban J connectivity index is 1.67. The minimum absolute atomic E-state index is 0.685. The van der Waals surface area contributed by atoms with Crippen LogP contribution in [0.4, 0.5) is 5.82 Å². The van der Waals surface area contributed by atoms with Crippen LogP contribution in [-0.2, 0) is 6.54 Å². The molecule has 1 aliphatic carbocycles. The van der Waals surface area contributed by atoms with Crippen molar-refractivity contribution < 1.29 is 0 Å². The van der Waals surface area contributed by atoms with Gasteiger partial charge >= 0.3 is 0 Å². The molecule has 24 heavy (non-hydrogen) atoms. The maximum atomic E-state index is 4.62. The van der Waals surface area contributed by atoms with Gasteiger partial charge in [0.1, 0.15) is 5.82 Å². The van der Waals surface area contributed by atoms with Crippen molar-refractivity contribution in [1.82, 2.24) is 15.6 Å². The molecule has 0 spiro atoms. The molecule has 0 amide bonds. The summed E-state index contributed by atoms with van der Waals surface area (Å²) in [4.78, 5) is 10.9. The Morgan fingerprint density at radius 3 is 2.71 bits per heavy atom. The molecule has 1 fully saturated rings. The second kappa shape index (κ2) is 10.2. The van der Waals surface area contributed by atoms with Crippen LogP contribution in [0.3, 0.4) is 0 Å². The fourth-order valence-corrected chi connectivity index (χ4v) is 3.28. The predicted molar refractivity (Wildman–Crippen MR) is 103 cm³/mol. The van der Waals surface area contributed by atoms with E-state index in [1.807, 2.05) is 44.2 Å². The molecule has 5 nitrogen and oxygen atoms in total. The third-order valence-electron chi connectivity index (χ3n) is 4.72. The first-order chi connectivity index (χ1) is 11.7.